The highest BCUT2D eigenvalue weighted by Crippen LogP contribution is 2.54. The molecule has 0 N–H and O–H groups in total. The Bertz CT molecular complexity index is 735. The molecule has 0 aromatic carbocycles. The van der Waals surface area contributed by atoms with Crippen LogP contribution in [0.4, 0.5) is 39.5 Å². The Balaban J connectivity index is 5.44. The number of halogens is 12. The Labute approximate surface area is 217 Å². The first kappa shape index (κ1) is 36.2. The highest BCUT2D eigenvalue weighted by atomic mass is 35.8. The van der Waals surface area contributed by atoms with Crippen molar-refractivity contribution in [2.24, 2.45) is 0 Å². The molecule has 0 aliphatic carbocycles. The predicted molar refractivity (Wildman–Crippen MR) is 128 cm³/mol. The molecule has 0 atom stereocenters. The molecule has 35 heavy (non-hydrogen) atoms. The van der Waals surface area contributed by atoms with Gasteiger partial charge in [0.25, 0.3) is 0 Å². The van der Waals surface area contributed by atoms with Gasteiger partial charge in [0.05, 0.1) is 0 Å². The van der Waals surface area contributed by atoms with Gasteiger partial charge in [0.2, 0.25) is 0 Å². The maximum Gasteiger partial charge on any atom is 0.485 e. The maximum absolute atomic E-state index is 13.9. The number of hydrogen-bond donors (Lipinski definition) is 0. The molecule has 0 spiro atoms. The summed E-state index contributed by atoms with van der Waals surface area (Å²) in [5, 5.41) is 0. The van der Waals surface area contributed by atoms with Gasteiger partial charge < -0.3 is 16.5 Å². The van der Waals surface area contributed by atoms with E-state index in [0.29, 0.717) is 0 Å². The normalized spacial score (nSPS) is 16.1. The van der Waals surface area contributed by atoms with E-state index in [2.05, 4.69) is 0 Å². The van der Waals surface area contributed by atoms with Crippen molar-refractivity contribution in [3.8, 4) is 0 Å². The summed E-state index contributed by atoms with van der Waals surface area (Å²) in [6.45, 7) is 12.1. The Morgan fingerprint density at radius 1 is 0.543 bits per heavy atom. The van der Waals surface area contributed by atoms with Crippen molar-refractivity contribution in [1.82, 2.24) is 0 Å². The molecule has 0 fully saturated rings. The van der Waals surface area contributed by atoms with Crippen LogP contribution < -0.4 is 0 Å². The molecule has 0 heterocycles. The van der Waals surface area contributed by atoms with Crippen molar-refractivity contribution in [3.63, 3.8) is 0 Å². The molecule has 0 rings (SSSR count). The zero-order chi connectivity index (χ0) is 28.7. The van der Waals surface area contributed by atoms with E-state index in [1.165, 1.54) is 26.2 Å². The molecule has 0 aromatic rings. The molecule has 0 bridgehead atoms. The molecular formula is C14H28Cl3F9O4Si5. The van der Waals surface area contributed by atoms with E-state index in [-0.39, 0.29) is 0 Å². The van der Waals surface area contributed by atoms with Gasteiger partial charge in [0.15, 0.2) is 8.32 Å². The summed E-state index contributed by atoms with van der Waals surface area (Å²) < 4.78 is 141. The van der Waals surface area contributed by atoms with E-state index in [0.717, 1.165) is 0 Å². The average molecular weight is 678 g/mol. The van der Waals surface area contributed by atoms with Gasteiger partial charge in [-0.2, -0.15) is 39.5 Å². The zero-order valence-corrected chi connectivity index (χ0v) is 27.4. The molecule has 21 heteroatoms. The van der Waals surface area contributed by atoms with Gasteiger partial charge in [0.1, 0.15) is 0 Å². The molecule has 0 amide bonds. The molecule has 0 aliphatic heterocycles. The van der Waals surface area contributed by atoms with Crippen LogP contribution in [0.25, 0.3) is 0 Å². The van der Waals surface area contributed by atoms with Crippen molar-refractivity contribution < 1.29 is 56.0 Å². The van der Waals surface area contributed by atoms with Crippen LogP contribution in [0.2, 0.25) is 58.4 Å². The van der Waals surface area contributed by atoms with Gasteiger partial charge in [0, 0.05) is 6.42 Å². The van der Waals surface area contributed by atoms with Crippen LogP contribution >= 0.6 is 33.2 Å². The number of alkyl halides is 9. The summed E-state index contributed by atoms with van der Waals surface area (Å²) in [7, 11) is -12.6. The molecule has 0 aliphatic rings. The third-order valence-electron chi connectivity index (χ3n) is 4.12. The van der Waals surface area contributed by atoms with Crippen LogP contribution in [-0.2, 0) is 16.5 Å². The molecule has 0 unspecified atom stereocenters. The number of rotatable bonds is 13. The van der Waals surface area contributed by atoms with E-state index in [9.17, 15) is 39.5 Å². The molecule has 0 saturated carbocycles. The lowest BCUT2D eigenvalue weighted by Gasteiger charge is -2.41. The molecule has 4 nitrogen and oxygen atoms in total. The SMILES string of the molecule is C[Si](C)(CCC(F)(F)C(F)(F)C(F)(F)C(F)(F)F)O[Si](C)(C)O[Si](C)(C)O[Si](C)(C)O[Si](Cl)(Cl)Cl. The smallest absolute Gasteiger partial charge is 0.436 e. The van der Waals surface area contributed by atoms with E-state index < -0.39 is 76.7 Å². The van der Waals surface area contributed by atoms with E-state index >= 15 is 0 Å². The summed E-state index contributed by atoms with van der Waals surface area (Å²) >= 11 is 17.3. The Hall–Kier alpha value is 1.16. The van der Waals surface area contributed by atoms with E-state index in [1.807, 2.05) is 0 Å². The molecular weight excluding hydrogens is 650 g/mol. The zero-order valence-electron chi connectivity index (χ0n) is 20.1. The van der Waals surface area contributed by atoms with Gasteiger partial charge >= 0.3 is 55.9 Å². The number of hydrogen-bond acceptors (Lipinski definition) is 4. The first-order chi connectivity index (χ1) is 14.8. The van der Waals surface area contributed by atoms with Gasteiger partial charge in [-0.25, -0.2) is 0 Å². The van der Waals surface area contributed by atoms with Gasteiger partial charge in [-0.1, -0.05) is 33.2 Å². The predicted octanol–water partition coefficient (Wildman–Crippen LogP) is 8.37. The largest absolute Gasteiger partial charge is 0.485 e. The summed E-state index contributed by atoms with van der Waals surface area (Å²) in [5.74, 6) is -19.2. The Kier molecular flexibility index (Phi) is 11.3. The lowest BCUT2D eigenvalue weighted by atomic mass is 10.0. The highest BCUT2D eigenvalue weighted by Gasteiger charge is 2.81. The Morgan fingerprint density at radius 3 is 1.23 bits per heavy atom. The fourth-order valence-corrected chi connectivity index (χ4v) is 28.3. The van der Waals surface area contributed by atoms with Gasteiger partial charge in [-0.15, -0.1) is 0 Å². The third kappa shape index (κ3) is 11.0. The van der Waals surface area contributed by atoms with Crippen molar-refractivity contribution >= 4 is 73.5 Å². The van der Waals surface area contributed by atoms with Gasteiger partial charge in [-0.3, -0.25) is 0 Å². The summed E-state index contributed by atoms with van der Waals surface area (Å²) in [5.41, 5.74) is 0. The first-order valence-corrected chi connectivity index (χ1v) is 26.4. The second kappa shape index (κ2) is 11.0. The lowest BCUT2D eigenvalue weighted by molar-refractivity contribution is -0.396. The van der Waals surface area contributed by atoms with Crippen molar-refractivity contribution in [2.45, 2.75) is 88.8 Å². The fraction of sp³-hybridized carbons (Fsp3) is 1.00. The van der Waals surface area contributed by atoms with Crippen LogP contribution in [0, 0.1) is 0 Å². The van der Waals surface area contributed by atoms with E-state index in [4.69, 9.17) is 49.7 Å². The van der Waals surface area contributed by atoms with Crippen molar-refractivity contribution in [1.29, 1.82) is 0 Å². The van der Waals surface area contributed by atoms with Crippen molar-refractivity contribution in [2.75, 3.05) is 0 Å². The van der Waals surface area contributed by atoms with Crippen molar-refractivity contribution in [3.05, 3.63) is 0 Å². The first-order valence-electron chi connectivity index (χ1n) is 9.86. The summed E-state index contributed by atoms with van der Waals surface area (Å²) in [6.07, 6.45) is -12.3. The molecule has 0 radical (unpaired) electrons. The molecule has 212 valence electrons. The minimum absolute atomic E-state index is 0.853. The standard InChI is InChI=1S/C14H28Cl3F9O4Si5/c1-31(2,10-9-11(18,19)12(20,21)13(22,23)14(24,25)26)27-32(3,4)28-33(5,6)29-34(7,8)30-35(15,16)17/h9-10H2,1-8H3. The average Bonchev–Trinajstić information content (AvgIpc) is 2.45. The molecule has 0 aromatic heterocycles. The second-order valence-corrected chi connectivity index (χ2v) is 32.8. The van der Waals surface area contributed by atoms with Crippen LogP contribution in [-0.4, -0.2) is 64.2 Å². The second-order valence-electron chi connectivity index (χ2n) is 9.66. The minimum atomic E-state index is -6.92. The van der Waals surface area contributed by atoms with Crippen LogP contribution in [0.3, 0.4) is 0 Å². The van der Waals surface area contributed by atoms with Crippen LogP contribution in [0.1, 0.15) is 6.42 Å². The van der Waals surface area contributed by atoms with Crippen LogP contribution in [0.5, 0.6) is 0 Å². The summed E-state index contributed by atoms with van der Waals surface area (Å²) in [4.78, 5) is 0. The Morgan fingerprint density at radius 2 is 0.886 bits per heavy atom. The molecule has 0 saturated heterocycles. The third-order valence-corrected chi connectivity index (χ3v) is 22.6. The fourth-order valence-electron chi connectivity index (χ4n) is 3.26. The minimum Gasteiger partial charge on any atom is -0.436 e. The topological polar surface area (TPSA) is 36.9 Å². The monoisotopic (exact) mass is 676 g/mol. The lowest BCUT2D eigenvalue weighted by Crippen LogP contribution is -2.61. The van der Waals surface area contributed by atoms with Gasteiger partial charge in [-0.05, 0) is 58.4 Å². The quantitative estimate of drug-likeness (QED) is 0.112. The van der Waals surface area contributed by atoms with Crippen LogP contribution in [0.15, 0.2) is 0 Å². The highest BCUT2D eigenvalue weighted by molar-refractivity contribution is 7.62. The van der Waals surface area contributed by atoms with E-state index in [1.54, 1.807) is 26.2 Å². The summed E-state index contributed by atoms with van der Waals surface area (Å²) in [6, 6.07) is -0.853. The maximum atomic E-state index is 13.9.